The van der Waals surface area contributed by atoms with Gasteiger partial charge in [0.25, 0.3) is 5.91 Å². The highest BCUT2D eigenvalue weighted by atomic mass is 79.9. The van der Waals surface area contributed by atoms with Gasteiger partial charge in [-0.25, -0.2) is 4.39 Å². The summed E-state index contributed by atoms with van der Waals surface area (Å²) in [5.74, 6) is 0.647. The summed E-state index contributed by atoms with van der Waals surface area (Å²) >= 11 is 3.55. The van der Waals surface area contributed by atoms with Crippen LogP contribution in [0.1, 0.15) is 16.7 Å². The van der Waals surface area contributed by atoms with E-state index in [1.165, 1.54) is 12.1 Å². The van der Waals surface area contributed by atoms with Crippen molar-refractivity contribution in [2.75, 3.05) is 12.4 Å². The molecule has 1 heterocycles. The van der Waals surface area contributed by atoms with Crippen molar-refractivity contribution in [2.45, 2.75) is 6.61 Å². The quantitative estimate of drug-likeness (QED) is 0.506. The number of para-hydroxylation sites is 1. The molecule has 29 heavy (non-hydrogen) atoms. The van der Waals surface area contributed by atoms with Crippen LogP contribution in [0.15, 0.2) is 65.1 Å². The molecular formula is C23H17BrFNO3. The minimum Gasteiger partial charge on any atom is -0.493 e. The number of hydrogen-bond acceptors (Lipinski definition) is 3. The standard InChI is InChI=1S/C23H17BrFNO3/c1-28-21-11-15(10-18-17-4-2-3-5-20(17)26-23(18)27)19(24)12-22(21)29-13-14-6-8-16(25)9-7-14/h2-12H,13H2,1H3,(H,26,27). The highest BCUT2D eigenvalue weighted by Crippen LogP contribution is 2.38. The van der Waals surface area contributed by atoms with Crippen molar-refractivity contribution < 1.29 is 18.7 Å². The summed E-state index contributed by atoms with van der Waals surface area (Å²) in [6.45, 7) is 0.277. The van der Waals surface area contributed by atoms with E-state index in [0.29, 0.717) is 17.1 Å². The summed E-state index contributed by atoms with van der Waals surface area (Å²) in [6, 6.07) is 17.3. The molecule has 0 saturated carbocycles. The van der Waals surface area contributed by atoms with Crippen molar-refractivity contribution in [3.8, 4) is 11.5 Å². The van der Waals surface area contributed by atoms with Gasteiger partial charge in [-0.2, -0.15) is 0 Å². The predicted molar refractivity (Wildman–Crippen MR) is 114 cm³/mol. The van der Waals surface area contributed by atoms with Crippen molar-refractivity contribution in [3.05, 3.63) is 87.6 Å². The molecule has 146 valence electrons. The number of halogens is 2. The number of carbonyl (C=O) groups is 1. The second kappa shape index (κ2) is 8.09. The smallest absolute Gasteiger partial charge is 0.256 e. The Morgan fingerprint density at radius 2 is 1.83 bits per heavy atom. The molecule has 1 amide bonds. The summed E-state index contributed by atoms with van der Waals surface area (Å²) in [4.78, 5) is 12.4. The molecule has 0 aromatic heterocycles. The van der Waals surface area contributed by atoms with Crippen molar-refractivity contribution in [3.63, 3.8) is 0 Å². The Morgan fingerprint density at radius 3 is 2.59 bits per heavy atom. The van der Waals surface area contributed by atoms with Gasteiger partial charge in [0.05, 0.1) is 7.11 Å². The molecule has 0 radical (unpaired) electrons. The molecule has 0 bridgehead atoms. The Labute approximate surface area is 176 Å². The zero-order valence-electron chi connectivity index (χ0n) is 15.5. The van der Waals surface area contributed by atoms with E-state index in [0.717, 1.165) is 26.9 Å². The van der Waals surface area contributed by atoms with E-state index < -0.39 is 0 Å². The van der Waals surface area contributed by atoms with Crippen LogP contribution in [0.4, 0.5) is 10.1 Å². The van der Waals surface area contributed by atoms with E-state index >= 15 is 0 Å². The minimum absolute atomic E-state index is 0.145. The Bertz CT molecular complexity index is 1110. The third kappa shape index (κ3) is 4.03. The molecule has 3 aromatic rings. The first-order valence-corrected chi connectivity index (χ1v) is 9.71. The Morgan fingerprint density at radius 1 is 1.07 bits per heavy atom. The minimum atomic E-state index is -0.288. The van der Waals surface area contributed by atoms with Crippen LogP contribution in [0.3, 0.4) is 0 Å². The van der Waals surface area contributed by atoms with Crippen molar-refractivity contribution in [1.29, 1.82) is 0 Å². The monoisotopic (exact) mass is 453 g/mol. The van der Waals surface area contributed by atoms with Crippen LogP contribution in [0.2, 0.25) is 0 Å². The van der Waals surface area contributed by atoms with Gasteiger partial charge in [0, 0.05) is 21.3 Å². The van der Waals surface area contributed by atoms with Crippen LogP contribution < -0.4 is 14.8 Å². The Kier molecular flexibility index (Phi) is 5.36. The van der Waals surface area contributed by atoms with Gasteiger partial charge in [-0.1, -0.05) is 46.3 Å². The van der Waals surface area contributed by atoms with Crippen molar-refractivity contribution >= 4 is 39.2 Å². The Balaban J connectivity index is 1.63. The average molecular weight is 454 g/mol. The normalized spacial score (nSPS) is 13.9. The van der Waals surface area contributed by atoms with Gasteiger partial charge in [0.1, 0.15) is 12.4 Å². The van der Waals surface area contributed by atoms with Gasteiger partial charge in [-0.3, -0.25) is 4.79 Å². The van der Waals surface area contributed by atoms with E-state index in [4.69, 9.17) is 9.47 Å². The molecule has 1 aliphatic heterocycles. The SMILES string of the molecule is COc1cc(C=C2C(=O)Nc3ccccc32)c(Br)cc1OCc1ccc(F)cc1. The number of amides is 1. The van der Waals surface area contributed by atoms with Crippen LogP contribution in [-0.2, 0) is 11.4 Å². The van der Waals surface area contributed by atoms with Crippen LogP contribution in [0.5, 0.6) is 11.5 Å². The molecule has 0 atom stereocenters. The zero-order chi connectivity index (χ0) is 20.4. The average Bonchev–Trinajstić information content (AvgIpc) is 3.04. The highest BCUT2D eigenvalue weighted by Gasteiger charge is 2.24. The highest BCUT2D eigenvalue weighted by molar-refractivity contribution is 9.10. The summed E-state index contributed by atoms with van der Waals surface area (Å²) in [6.07, 6.45) is 1.82. The van der Waals surface area contributed by atoms with Crippen LogP contribution >= 0.6 is 15.9 Å². The van der Waals surface area contributed by atoms with Crippen LogP contribution in [0.25, 0.3) is 11.6 Å². The molecule has 1 N–H and O–H groups in total. The Hall–Kier alpha value is -3.12. The molecule has 0 aliphatic carbocycles. The van der Waals surface area contributed by atoms with E-state index in [2.05, 4.69) is 21.2 Å². The maximum atomic E-state index is 13.1. The molecule has 0 unspecified atom stereocenters. The zero-order valence-corrected chi connectivity index (χ0v) is 17.1. The third-order valence-corrected chi connectivity index (χ3v) is 5.29. The first-order chi connectivity index (χ1) is 14.0. The molecule has 1 aliphatic rings. The molecule has 0 spiro atoms. The number of hydrogen-bond donors (Lipinski definition) is 1. The third-order valence-electron chi connectivity index (χ3n) is 4.60. The van der Waals surface area contributed by atoms with E-state index in [1.807, 2.05) is 36.4 Å². The number of nitrogens with one attached hydrogen (secondary N) is 1. The number of benzene rings is 3. The number of carbonyl (C=O) groups excluding carboxylic acids is 1. The van der Waals surface area contributed by atoms with Gasteiger partial charge in [0.15, 0.2) is 11.5 Å². The molecule has 3 aromatic carbocycles. The van der Waals surface area contributed by atoms with Crippen molar-refractivity contribution in [2.24, 2.45) is 0 Å². The lowest BCUT2D eigenvalue weighted by atomic mass is 10.0. The first-order valence-electron chi connectivity index (χ1n) is 8.92. The lowest BCUT2D eigenvalue weighted by Gasteiger charge is -2.13. The fourth-order valence-corrected chi connectivity index (χ4v) is 3.55. The van der Waals surface area contributed by atoms with Gasteiger partial charge in [-0.05, 0) is 47.5 Å². The van der Waals surface area contributed by atoms with Crippen molar-refractivity contribution in [1.82, 2.24) is 0 Å². The summed E-state index contributed by atoms with van der Waals surface area (Å²) in [7, 11) is 1.56. The first kappa shape index (κ1) is 19.2. The largest absolute Gasteiger partial charge is 0.493 e. The summed E-state index contributed by atoms with van der Waals surface area (Å²) < 4.78 is 25.1. The number of methoxy groups -OCH3 is 1. The molecule has 0 fully saturated rings. The molecule has 4 rings (SSSR count). The van der Waals surface area contributed by atoms with Crippen LogP contribution in [-0.4, -0.2) is 13.0 Å². The molecule has 6 heteroatoms. The second-order valence-electron chi connectivity index (χ2n) is 6.50. The van der Waals surface area contributed by atoms with E-state index in [9.17, 15) is 9.18 Å². The summed E-state index contributed by atoms with van der Waals surface area (Å²) in [5, 5.41) is 2.86. The fourth-order valence-electron chi connectivity index (χ4n) is 3.11. The number of rotatable bonds is 5. The molecule has 0 saturated heterocycles. The fraction of sp³-hybridized carbons (Fsp3) is 0.0870. The van der Waals surface area contributed by atoms with E-state index in [1.54, 1.807) is 25.3 Å². The number of ether oxygens (including phenoxy) is 2. The summed E-state index contributed by atoms with van der Waals surface area (Å²) in [5.41, 5.74) is 3.88. The van der Waals surface area contributed by atoms with Gasteiger partial charge >= 0.3 is 0 Å². The maximum absolute atomic E-state index is 13.1. The topological polar surface area (TPSA) is 47.6 Å². The predicted octanol–water partition coefficient (Wildman–Crippen LogP) is 5.67. The lowest BCUT2D eigenvalue weighted by molar-refractivity contribution is -0.110. The van der Waals surface area contributed by atoms with E-state index in [-0.39, 0.29) is 18.3 Å². The maximum Gasteiger partial charge on any atom is 0.256 e. The van der Waals surface area contributed by atoms with Gasteiger partial charge in [0.2, 0.25) is 0 Å². The van der Waals surface area contributed by atoms with Gasteiger partial charge < -0.3 is 14.8 Å². The number of fused-ring (bicyclic) bond motifs is 1. The van der Waals surface area contributed by atoms with Gasteiger partial charge in [-0.15, -0.1) is 0 Å². The second-order valence-corrected chi connectivity index (χ2v) is 7.35. The lowest BCUT2D eigenvalue weighted by Crippen LogP contribution is -2.03. The molecule has 4 nitrogen and oxygen atoms in total. The number of anilines is 1. The van der Waals surface area contributed by atoms with Crippen LogP contribution in [0, 0.1) is 5.82 Å². The molecular weight excluding hydrogens is 437 g/mol.